The number of halogens is 1. The zero-order valence-corrected chi connectivity index (χ0v) is 14.1. The van der Waals surface area contributed by atoms with E-state index in [0.29, 0.717) is 30.5 Å². The maximum atomic E-state index is 12.8. The number of ether oxygens (including phenoxy) is 1. The van der Waals surface area contributed by atoms with E-state index in [1.54, 1.807) is 25.1 Å². The van der Waals surface area contributed by atoms with Gasteiger partial charge in [0.25, 0.3) is 0 Å². The minimum atomic E-state index is -0.318. The Morgan fingerprint density at radius 2 is 2.12 bits per heavy atom. The molecule has 0 spiro atoms. The van der Waals surface area contributed by atoms with Crippen molar-refractivity contribution in [2.24, 2.45) is 0 Å². The summed E-state index contributed by atoms with van der Waals surface area (Å²) < 4.78 is 23.3. The van der Waals surface area contributed by atoms with Gasteiger partial charge in [-0.05, 0) is 51.6 Å². The summed E-state index contributed by atoms with van der Waals surface area (Å²) in [6.45, 7) is 4.78. The topological polar surface area (TPSA) is 67.6 Å². The Morgan fingerprint density at radius 3 is 2.75 bits per heavy atom. The third-order valence-electron chi connectivity index (χ3n) is 3.65. The maximum Gasteiger partial charge on any atom is 0.243 e. The van der Waals surface area contributed by atoms with Crippen molar-refractivity contribution in [3.63, 3.8) is 0 Å². The van der Waals surface area contributed by atoms with Crippen LogP contribution in [-0.4, -0.2) is 42.2 Å². The Morgan fingerprint density at radius 1 is 1.42 bits per heavy atom. The van der Waals surface area contributed by atoms with Crippen molar-refractivity contribution in [3.05, 3.63) is 41.8 Å². The highest BCUT2D eigenvalue weighted by atomic mass is 19.1. The highest BCUT2D eigenvalue weighted by Gasteiger charge is 2.19. The predicted octanol–water partition coefficient (Wildman–Crippen LogP) is 2.85. The molecular formula is C17H22FN3O3. The first kappa shape index (κ1) is 17.9. The summed E-state index contributed by atoms with van der Waals surface area (Å²) in [4.78, 5) is 14.1. The molecule has 1 unspecified atom stereocenters. The van der Waals surface area contributed by atoms with Crippen LogP contribution in [0.25, 0.3) is 0 Å². The number of amides is 1. The third-order valence-corrected chi connectivity index (χ3v) is 3.65. The lowest BCUT2D eigenvalue weighted by Crippen LogP contribution is -2.40. The normalized spacial score (nSPS) is 12.2. The van der Waals surface area contributed by atoms with Crippen LogP contribution in [0.2, 0.25) is 0 Å². The van der Waals surface area contributed by atoms with Gasteiger partial charge in [0.05, 0.1) is 18.3 Å². The number of hydrogen-bond donors (Lipinski definition) is 1. The second-order valence-electron chi connectivity index (χ2n) is 5.63. The summed E-state index contributed by atoms with van der Waals surface area (Å²) in [5.41, 5.74) is 0.712. The quantitative estimate of drug-likeness (QED) is 0.751. The van der Waals surface area contributed by atoms with Crippen LogP contribution in [0.15, 0.2) is 34.9 Å². The molecule has 2 rings (SSSR count). The number of anilines is 1. The Balaban J connectivity index is 1.69. The number of nitrogens with one attached hydrogen (secondary N) is 1. The maximum absolute atomic E-state index is 12.8. The Bertz CT molecular complexity index is 657. The number of aromatic nitrogens is 1. The van der Waals surface area contributed by atoms with Crippen molar-refractivity contribution >= 4 is 11.8 Å². The van der Waals surface area contributed by atoms with Crippen molar-refractivity contribution in [2.75, 3.05) is 25.5 Å². The molecule has 130 valence electrons. The van der Waals surface area contributed by atoms with Gasteiger partial charge in [0.15, 0.2) is 0 Å². The van der Waals surface area contributed by atoms with E-state index in [1.807, 2.05) is 18.9 Å². The SMILES string of the molecule is Cc1cc(NC(=O)C(C)N(C)CCCOc2ccc(F)cc2)on1. The molecule has 0 aliphatic heterocycles. The van der Waals surface area contributed by atoms with Crippen molar-refractivity contribution in [3.8, 4) is 5.75 Å². The lowest BCUT2D eigenvalue weighted by atomic mass is 10.2. The summed E-state index contributed by atoms with van der Waals surface area (Å²) in [6.07, 6.45) is 0.743. The van der Waals surface area contributed by atoms with Crippen LogP contribution in [0.3, 0.4) is 0 Å². The third kappa shape index (κ3) is 5.34. The first-order valence-corrected chi connectivity index (χ1v) is 7.78. The van der Waals surface area contributed by atoms with E-state index < -0.39 is 0 Å². The zero-order chi connectivity index (χ0) is 17.5. The van der Waals surface area contributed by atoms with Crippen LogP contribution >= 0.6 is 0 Å². The standard InChI is InChI=1S/C17H22FN3O3/c1-12-11-16(24-20-12)19-17(22)13(2)21(3)9-4-10-23-15-7-5-14(18)6-8-15/h5-8,11,13H,4,9-10H2,1-3H3,(H,19,22). The molecule has 0 bridgehead atoms. The van der Waals surface area contributed by atoms with Crippen molar-refractivity contribution in [2.45, 2.75) is 26.3 Å². The second-order valence-corrected chi connectivity index (χ2v) is 5.63. The van der Waals surface area contributed by atoms with Gasteiger partial charge in [-0.3, -0.25) is 15.0 Å². The molecular weight excluding hydrogens is 313 g/mol. The molecule has 0 radical (unpaired) electrons. The van der Waals surface area contributed by atoms with E-state index in [9.17, 15) is 9.18 Å². The van der Waals surface area contributed by atoms with Gasteiger partial charge in [0.1, 0.15) is 11.6 Å². The molecule has 1 N–H and O–H groups in total. The molecule has 0 aliphatic carbocycles. The van der Waals surface area contributed by atoms with Crippen LogP contribution in [0, 0.1) is 12.7 Å². The number of benzene rings is 1. The molecule has 6 nitrogen and oxygen atoms in total. The minimum Gasteiger partial charge on any atom is -0.494 e. The lowest BCUT2D eigenvalue weighted by molar-refractivity contribution is -0.120. The first-order chi connectivity index (χ1) is 11.5. The van der Waals surface area contributed by atoms with Gasteiger partial charge in [0, 0.05) is 12.6 Å². The predicted molar refractivity (Wildman–Crippen MR) is 88.5 cm³/mol. The highest BCUT2D eigenvalue weighted by Crippen LogP contribution is 2.12. The van der Waals surface area contributed by atoms with E-state index in [1.165, 1.54) is 12.1 Å². The number of carbonyl (C=O) groups is 1. The van der Waals surface area contributed by atoms with Crippen LogP contribution in [-0.2, 0) is 4.79 Å². The van der Waals surface area contributed by atoms with E-state index >= 15 is 0 Å². The van der Waals surface area contributed by atoms with Crippen LogP contribution in [0.1, 0.15) is 19.0 Å². The fourth-order valence-electron chi connectivity index (χ4n) is 2.08. The summed E-state index contributed by atoms with van der Waals surface area (Å²) in [7, 11) is 1.87. The molecule has 0 saturated heterocycles. The molecule has 0 fully saturated rings. The number of aryl methyl sites for hydroxylation is 1. The van der Waals surface area contributed by atoms with E-state index in [4.69, 9.17) is 9.26 Å². The van der Waals surface area contributed by atoms with Crippen molar-refractivity contribution < 1.29 is 18.4 Å². The second kappa shape index (κ2) is 8.44. The highest BCUT2D eigenvalue weighted by molar-refractivity contribution is 5.93. The van der Waals surface area contributed by atoms with Gasteiger partial charge in [-0.15, -0.1) is 0 Å². The molecule has 1 aromatic heterocycles. The molecule has 1 atom stereocenters. The molecule has 1 aromatic carbocycles. The van der Waals surface area contributed by atoms with E-state index in [-0.39, 0.29) is 17.8 Å². The van der Waals surface area contributed by atoms with E-state index in [2.05, 4.69) is 10.5 Å². The van der Waals surface area contributed by atoms with Gasteiger partial charge in [-0.1, -0.05) is 5.16 Å². The monoisotopic (exact) mass is 335 g/mol. The Kier molecular flexibility index (Phi) is 6.31. The zero-order valence-electron chi connectivity index (χ0n) is 14.1. The van der Waals surface area contributed by atoms with E-state index in [0.717, 1.165) is 6.42 Å². The van der Waals surface area contributed by atoms with Crippen LogP contribution < -0.4 is 10.1 Å². The number of nitrogens with zero attached hydrogens (tertiary/aromatic N) is 2. The number of hydrogen-bond acceptors (Lipinski definition) is 5. The molecule has 24 heavy (non-hydrogen) atoms. The summed E-state index contributed by atoms with van der Waals surface area (Å²) >= 11 is 0. The fourth-order valence-corrected chi connectivity index (χ4v) is 2.08. The summed E-state index contributed by atoms with van der Waals surface area (Å²) in [5.74, 6) is 0.528. The molecule has 1 amide bonds. The van der Waals surface area contributed by atoms with Crippen LogP contribution in [0.4, 0.5) is 10.3 Å². The lowest BCUT2D eigenvalue weighted by Gasteiger charge is -2.23. The van der Waals surface area contributed by atoms with Gasteiger partial charge in [-0.25, -0.2) is 4.39 Å². The molecule has 0 aliphatic rings. The Hall–Kier alpha value is -2.41. The van der Waals surface area contributed by atoms with Gasteiger partial charge in [-0.2, -0.15) is 0 Å². The number of carbonyl (C=O) groups excluding carboxylic acids is 1. The van der Waals surface area contributed by atoms with Crippen molar-refractivity contribution in [1.29, 1.82) is 0 Å². The first-order valence-electron chi connectivity index (χ1n) is 7.78. The smallest absolute Gasteiger partial charge is 0.243 e. The average Bonchev–Trinajstić information content (AvgIpc) is 2.97. The summed E-state index contributed by atoms with van der Waals surface area (Å²) in [5, 5.41) is 6.41. The number of likely N-dealkylation sites (N-methyl/N-ethyl adjacent to an activating group) is 1. The van der Waals surface area contributed by atoms with Gasteiger partial charge in [0.2, 0.25) is 11.8 Å². The summed E-state index contributed by atoms with van der Waals surface area (Å²) in [6, 6.07) is 7.25. The fraction of sp³-hybridized carbons (Fsp3) is 0.412. The molecule has 2 aromatic rings. The average molecular weight is 335 g/mol. The molecule has 1 heterocycles. The molecule has 7 heteroatoms. The minimum absolute atomic E-state index is 0.159. The van der Waals surface area contributed by atoms with Gasteiger partial charge >= 0.3 is 0 Å². The van der Waals surface area contributed by atoms with Gasteiger partial charge < -0.3 is 9.26 Å². The largest absolute Gasteiger partial charge is 0.494 e. The van der Waals surface area contributed by atoms with Crippen molar-refractivity contribution in [1.82, 2.24) is 10.1 Å². The van der Waals surface area contributed by atoms with Crippen LogP contribution in [0.5, 0.6) is 5.75 Å². The molecule has 0 saturated carbocycles. The Labute approximate surface area is 140 Å². The number of rotatable bonds is 8.